The highest BCUT2D eigenvalue weighted by molar-refractivity contribution is 7.47. The Kier molecular flexibility index (Phi) is 6.26. The van der Waals surface area contributed by atoms with Crippen LogP contribution in [0.1, 0.15) is 13.2 Å². The van der Waals surface area contributed by atoms with Crippen LogP contribution < -0.4 is 11.9 Å². The molecule has 26 heavy (non-hydrogen) atoms. The molecule has 1 fully saturated rings. The van der Waals surface area contributed by atoms with Gasteiger partial charge in [-0.05, 0) is 6.92 Å². The van der Waals surface area contributed by atoms with Gasteiger partial charge in [0.2, 0.25) is 0 Å². The minimum Gasteiger partial charge on any atom is -0.387 e. The van der Waals surface area contributed by atoms with Gasteiger partial charge in [-0.15, -0.1) is 0 Å². The summed E-state index contributed by atoms with van der Waals surface area (Å²) in [7, 11) is -4.25. The number of fused-ring (bicyclic) bond motifs is 1. The zero-order valence-electron chi connectivity index (χ0n) is 13.9. The van der Waals surface area contributed by atoms with Crippen LogP contribution in [0.5, 0.6) is 0 Å². The molecular weight excluding hydrogens is 371 g/mol. The van der Waals surface area contributed by atoms with E-state index in [0.29, 0.717) is 11.2 Å². The van der Waals surface area contributed by atoms with Gasteiger partial charge in [-0.2, -0.15) is 0 Å². The highest BCUT2D eigenvalue weighted by atomic mass is 31.2. The number of aliphatic hydroxyl groups excluding tert-OH is 2. The standard InChI is InChI=1S/C12H18N5O7P.H3N/c1-2-22-25(20,21)23-3-6-8(18)9(19)12(24-6)17-5-16-7-10(13)14-4-15-11(7)17;/h4-6,8-9,12,18-19H,2-3H2,1H3,(H,20,21)(H2,13,14,15);1H3/t6-,8-,9-,12-;/m1./s1. The number of hydrogen-bond donors (Lipinski definition) is 5. The molecule has 2 aromatic rings. The summed E-state index contributed by atoms with van der Waals surface area (Å²) in [6, 6.07) is 0. The molecule has 13 nitrogen and oxygen atoms in total. The summed E-state index contributed by atoms with van der Waals surface area (Å²) in [5.74, 6) is 0.162. The minimum absolute atomic E-state index is 0. The zero-order valence-corrected chi connectivity index (χ0v) is 14.8. The van der Waals surface area contributed by atoms with E-state index in [2.05, 4.69) is 19.5 Å². The van der Waals surface area contributed by atoms with Crippen molar-refractivity contribution in [3.8, 4) is 0 Å². The summed E-state index contributed by atoms with van der Waals surface area (Å²) in [6.45, 7) is 1.06. The number of phosphoric acid groups is 1. The number of imidazole rings is 1. The number of rotatable bonds is 6. The Morgan fingerprint density at radius 1 is 1.31 bits per heavy atom. The minimum atomic E-state index is -4.25. The van der Waals surface area contributed by atoms with Crippen LogP contribution in [-0.2, 0) is 18.3 Å². The number of anilines is 1. The maximum Gasteiger partial charge on any atom is 0.472 e. The molecule has 8 N–H and O–H groups in total. The number of aliphatic hydroxyl groups is 2. The van der Waals surface area contributed by atoms with Crippen molar-refractivity contribution < 1.29 is 33.5 Å². The van der Waals surface area contributed by atoms with Crippen molar-refractivity contribution in [2.45, 2.75) is 31.5 Å². The van der Waals surface area contributed by atoms with Gasteiger partial charge >= 0.3 is 7.82 Å². The third-order valence-corrected chi connectivity index (χ3v) is 4.75. The van der Waals surface area contributed by atoms with E-state index in [1.807, 2.05) is 0 Å². The van der Waals surface area contributed by atoms with Crippen molar-refractivity contribution in [3.63, 3.8) is 0 Å². The Balaban J connectivity index is 0.00000243. The third kappa shape index (κ3) is 3.84. The van der Waals surface area contributed by atoms with Crippen molar-refractivity contribution >= 4 is 24.8 Å². The maximum atomic E-state index is 11.5. The quantitative estimate of drug-likeness (QED) is 0.388. The predicted octanol–water partition coefficient (Wildman–Crippen LogP) is -0.657. The first kappa shape index (κ1) is 20.6. The summed E-state index contributed by atoms with van der Waals surface area (Å²) in [6.07, 6.45) is -2.21. The second kappa shape index (κ2) is 7.90. The van der Waals surface area contributed by atoms with Crippen molar-refractivity contribution in [1.29, 1.82) is 0 Å². The number of ether oxygens (including phenoxy) is 1. The van der Waals surface area contributed by atoms with E-state index < -0.39 is 39.0 Å². The van der Waals surface area contributed by atoms with Gasteiger partial charge in [0.05, 0.1) is 19.5 Å². The van der Waals surface area contributed by atoms with Crippen LogP contribution in [0, 0.1) is 0 Å². The number of nitrogens with zero attached hydrogens (tertiary/aromatic N) is 4. The molecule has 0 aromatic carbocycles. The molecule has 0 spiro atoms. The molecule has 1 saturated heterocycles. The van der Waals surface area contributed by atoms with Crippen LogP contribution in [0.15, 0.2) is 12.7 Å². The molecule has 0 radical (unpaired) electrons. The maximum absolute atomic E-state index is 11.5. The van der Waals surface area contributed by atoms with Crippen LogP contribution in [0.3, 0.4) is 0 Å². The summed E-state index contributed by atoms with van der Waals surface area (Å²) >= 11 is 0. The summed E-state index contributed by atoms with van der Waals surface area (Å²) in [5.41, 5.74) is 6.34. The molecule has 1 unspecified atom stereocenters. The van der Waals surface area contributed by atoms with Crippen LogP contribution in [0.25, 0.3) is 11.2 Å². The Morgan fingerprint density at radius 3 is 2.73 bits per heavy atom. The lowest BCUT2D eigenvalue weighted by atomic mass is 10.1. The first-order valence-electron chi connectivity index (χ1n) is 7.40. The monoisotopic (exact) mass is 392 g/mol. The van der Waals surface area contributed by atoms with Crippen LogP contribution in [0.4, 0.5) is 5.82 Å². The van der Waals surface area contributed by atoms with Crippen molar-refractivity contribution in [3.05, 3.63) is 12.7 Å². The number of hydrogen-bond acceptors (Lipinski definition) is 11. The van der Waals surface area contributed by atoms with Crippen LogP contribution in [0.2, 0.25) is 0 Å². The van der Waals surface area contributed by atoms with Gasteiger partial charge in [0.15, 0.2) is 17.7 Å². The number of nitrogens with two attached hydrogens (primary N) is 1. The molecule has 2 aromatic heterocycles. The number of nitrogen functional groups attached to an aromatic ring is 1. The molecule has 146 valence electrons. The topological polar surface area (TPSA) is 210 Å². The van der Waals surface area contributed by atoms with E-state index in [-0.39, 0.29) is 18.6 Å². The first-order chi connectivity index (χ1) is 11.8. The third-order valence-electron chi connectivity index (χ3n) is 3.69. The highest BCUT2D eigenvalue weighted by Crippen LogP contribution is 2.44. The van der Waals surface area contributed by atoms with E-state index in [1.54, 1.807) is 0 Å². The van der Waals surface area contributed by atoms with Gasteiger partial charge < -0.3 is 31.7 Å². The first-order valence-corrected chi connectivity index (χ1v) is 8.90. The van der Waals surface area contributed by atoms with Crippen LogP contribution >= 0.6 is 7.82 Å². The van der Waals surface area contributed by atoms with Gasteiger partial charge in [0, 0.05) is 0 Å². The SMILES string of the molecule is CCOP(=O)(O)OC[C@H]1O[C@@H](n2cnc3c(N)ncnc32)[C@H](O)[C@@H]1O.N. The molecule has 0 bridgehead atoms. The fourth-order valence-corrected chi connectivity index (χ4v) is 3.26. The molecule has 0 aliphatic carbocycles. The van der Waals surface area contributed by atoms with Gasteiger partial charge in [-0.1, -0.05) is 0 Å². The molecule has 5 atom stereocenters. The Labute approximate surface area is 147 Å². The predicted molar refractivity (Wildman–Crippen MR) is 88.1 cm³/mol. The lowest BCUT2D eigenvalue weighted by Crippen LogP contribution is -2.33. The Bertz CT molecular complexity index is 803. The lowest BCUT2D eigenvalue weighted by Gasteiger charge is -2.17. The van der Waals surface area contributed by atoms with Crippen molar-refractivity contribution in [1.82, 2.24) is 25.7 Å². The molecule has 1 aliphatic heterocycles. The van der Waals surface area contributed by atoms with E-state index in [0.717, 1.165) is 0 Å². The second-order valence-electron chi connectivity index (χ2n) is 5.31. The molecule has 0 saturated carbocycles. The molecular formula is C12H21N6O7P. The average molecular weight is 392 g/mol. The summed E-state index contributed by atoms with van der Waals surface area (Å²) in [4.78, 5) is 21.3. The normalized spacial score (nSPS) is 28.0. The van der Waals surface area contributed by atoms with Crippen molar-refractivity contribution in [2.24, 2.45) is 0 Å². The number of phosphoric ester groups is 1. The zero-order chi connectivity index (χ0) is 18.2. The largest absolute Gasteiger partial charge is 0.472 e. The molecule has 3 heterocycles. The van der Waals surface area contributed by atoms with Crippen molar-refractivity contribution in [2.75, 3.05) is 18.9 Å². The van der Waals surface area contributed by atoms with E-state index >= 15 is 0 Å². The summed E-state index contributed by atoms with van der Waals surface area (Å²) in [5, 5.41) is 20.4. The van der Waals surface area contributed by atoms with Gasteiger partial charge in [0.25, 0.3) is 0 Å². The molecule has 3 rings (SSSR count). The smallest absolute Gasteiger partial charge is 0.387 e. The average Bonchev–Trinajstić information content (AvgIpc) is 3.10. The molecule has 0 amide bonds. The Morgan fingerprint density at radius 2 is 2.04 bits per heavy atom. The van der Waals surface area contributed by atoms with Gasteiger partial charge in [0.1, 0.15) is 30.2 Å². The fourth-order valence-electron chi connectivity index (χ4n) is 2.52. The van der Waals surface area contributed by atoms with E-state index in [4.69, 9.17) is 15.0 Å². The Hall–Kier alpha value is -1.70. The highest BCUT2D eigenvalue weighted by Gasteiger charge is 2.45. The fraction of sp³-hybridized carbons (Fsp3) is 0.583. The second-order valence-corrected chi connectivity index (χ2v) is 6.76. The molecule has 14 heteroatoms. The van der Waals surface area contributed by atoms with Gasteiger partial charge in [-0.25, -0.2) is 19.5 Å². The molecule has 1 aliphatic rings. The van der Waals surface area contributed by atoms with E-state index in [1.165, 1.54) is 24.1 Å². The summed E-state index contributed by atoms with van der Waals surface area (Å²) < 4.78 is 27.8. The van der Waals surface area contributed by atoms with E-state index in [9.17, 15) is 19.7 Å². The lowest BCUT2D eigenvalue weighted by molar-refractivity contribution is -0.0513. The van der Waals surface area contributed by atoms with Crippen LogP contribution in [-0.4, -0.2) is 66.2 Å². The number of aromatic nitrogens is 4. The van der Waals surface area contributed by atoms with Gasteiger partial charge in [-0.3, -0.25) is 13.6 Å².